The normalized spacial score (nSPS) is 15.2. The Balaban J connectivity index is 3.59. The standard InChI is InChI=1S/C8H13I/c1-4-7(2)5-8(3)6-9/h4,6-7H,1,5H2,2-3H3/b8-6+/t7-/m0/s1. The fourth-order valence-corrected chi connectivity index (χ4v) is 0.890. The largest absolute Gasteiger partial charge is 0.103 e. The van der Waals surface area contributed by atoms with Gasteiger partial charge in [0.1, 0.15) is 0 Å². The maximum atomic E-state index is 3.72. The predicted molar refractivity (Wildman–Crippen MR) is 51.8 cm³/mol. The van der Waals surface area contributed by atoms with Crippen LogP contribution in [0.3, 0.4) is 0 Å². The molecule has 0 aliphatic rings. The summed E-state index contributed by atoms with van der Waals surface area (Å²) in [5.74, 6) is 0.621. The quantitative estimate of drug-likeness (QED) is 0.519. The minimum Gasteiger partial charge on any atom is -0.103 e. The molecule has 0 aliphatic heterocycles. The molecule has 0 heterocycles. The third-order valence-electron chi connectivity index (χ3n) is 1.23. The molecule has 0 amide bonds. The molecule has 0 fully saturated rings. The first kappa shape index (κ1) is 9.21. The summed E-state index contributed by atoms with van der Waals surface area (Å²) in [7, 11) is 0. The minimum absolute atomic E-state index is 0.621. The molecule has 0 unspecified atom stereocenters. The van der Waals surface area contributed by atoms with Crippen molar-refractivity contribution in [3.63, 3.8) is 0 Å². The van der Waals surface area contributed by atoms with Gasteiger partial charge in [-0.3, -0.25) is 0 Å². The van der Waals surface area contributed by atoms with E-state index in [0.717, 1.165) is 6.42 Å². The monoisotopic (exact) mass is 236 g/mol. The van der Waals surface area contributed by atoms with Crippen LogP contribution in [0.2, 0.25) is 0 Å². The van der Waals surface area contributed by atoms with Crippen LogP contribution < -0.4 is 0 Å². The van der Waals surface area contributed by atoms with Crippen molar-refractivity contribution < 1.29 is 0 Å². The summed E-state index contributed by atoms with van der Waals surface area (Å²) < 4.78 is 2.12. The lowest BCUT2D eigenvalue weighted by Crippen LogP contribution is -1.88. The van der Waals surface area contributed by atoms with Crippen molar-refractivity contribution in [2.45, 2.75) is 20.3 Å². The summed E-state index contributed by atoms with van der Waals surface area (Å²) >= 11 is 2.27. The fraction of sp³-hybridized carbons (Fsp3) is 0.500. The van der Waals surface area contributed by atoms with E-state index < -0.39 is 0 Å². The first-order valence-corrected chi connectivity index (χ1v) is 4.33. The molecule has 0 spiro atoms. The van der Waals surface area contributed by atoms with Crippen LogP contribution in [0, 0.1) is 5.92 Å². The van der Waals surface area contributed by atoms with Crippen LogP contribution in [0.1, 0.15) is 20.3 Å². The molecule has 0 aromatic rings. The van der Waals surface area contributed by atoms with Crippen molar-refractivity contribution in [2.75, 3.05) is 0 Å². The van der Waals surface area contributed by atoms with Gasteiger partial charge in [-0.05, 0) is 23.3 Å². The van der Waals surface area contributed by atoms with Gasteiger partial charge in [0.25, 0.3) is 0 Å². The van der Waals surface area contributed by atoms with Gasteiger partial charge in [0, 0.05) is 0 Å². The van der Waals surface area contributed by atoms with Crippen LogP contribution in [0.5, 0.6) is 0 Å². The third-order valence-corrected chi connectivity index (χ3v) is 2.30. The summed E-state index contributed by atoms with van der Waals surface area (Å²) in [5, 5.41) is 0. The van der Waals surface area contributed by atoms with Crippen molar-refractivity contribution in [3.05, 3.63) is 22.3 Å². The molecule has 9 heavy (non-hydrogen) atoms. The van der Waals surface area contributed by atoms with Crippen molar-refractivity contribution in [1.82, 2.24) is 0 Å². The van der Waals surface area contributed by atoms with E-state index in [1.54, 1.807) is 0 Å². The Morgan fingerprint density at radius 2 is 2.33 bits per heavy atom. The number of rotatable bonds is 3. The summed E-state index contributed by atoms with van der Waals surface area (Å²) in [5.41, 5.74) is 1.43. The second-order valence-corrected chi connectivity index (χ2v) is 3.00. The summed E-state index contributed by atoms with van der Waals surface area (Å²) in [6.45, 7) is 8.04. The number of hydrogen-bond acceptors (Lipinski definition) is 0. The van der Waals surface area contributed by atoms with E-state index in [-0.39, 0.29) is 0 Å². The maximum Gasteiger partial charge on any atom is -0.0227 e. The van der Waals surface area contributed by atoms with E-state index in [9.17, 15) is 0 Å². The van der Waals surface area contributed by atoms with Crippen molar-refractivity contribution >= 4 is 22.6 Å². The van der Waals surface area contributed by atoms with Gasteiger partial charge in [0.15, 0.2) is 0 Å². The number of allylic oxidation sites excluding steroid dienone is 2. The summed E-state index contributed by atoms with van der Waals surface area (Å²) in [6, 6.07) is 0. The van der Waals surface area contributed by atoms with Crippen LogP contribution in [0.15, 0.2) is 22.3 Å². The zero-order valence-corrected chi connectivity index (χ0v) is 8.18. The fourth-order valence-electron chi connectivity index (χ4n) is 0.636. The van der Waals surface area contributed by atoms with Gasteiger partial charge in [0.2, 0.25) is 0 Å². The average molecular weight is 236 g/mol. The van der Waals surface area contributed by atoms with Crippen molar-refractivity contribution in [2.24, 2.45) is 5.92 Å². The molecule has 0 saturated carbocycles. The van der Waals surface area contributed by atoms with Gasteiger partial charge < -0.3 is 0 Å². The van der Waals surface area contributed by atoms with E-state index in [4.69, 9.17) is 0 Å². The second-order valence-electron chi connectivity index (χ2n) is 2.37. The molecule has 0 N–H and O–H groups in total. The SMILES string of the molecule is C=C[C@H](C)C/C(C)=C/I. The molecular formula is C8H13I. The Bertz CT molecular complexity index is 114. The van der Waals surface area contributed by atoms with Crippen LogP contribution in [0.4, 0.5) is 0 Å². The van der Waals surface area contributed by atoms with Crippen molar-refractivity contribution in [3.8, 4) is 0 Å². The highest BCUT2D eigenvalue weighted by atomic mass is 127. The molecule has 0 rings (SSSR count). The zero-order valence-electron chi connectivity index (χ0n) is 6.02. The first-order valence-electron chi connectivity index (χ1n) is 3.09. The van der Waals surface area contributed by atoms with Crippen LogP contribution in [0.25, 0.3) is 0 Å². The average Bonchev–Trinajstić information content (AvgIpc) is 1.87. The first-order chi connectivity index (χ1) is 4.20. The number of halogens is 1. The molecule has 52 valence electrons. The highest BCUT2D eigenvalue weighted by molar-refractivity contribution is 14.1. The molecule has 1 atom stereocenters. The highest BCUT2D eigenvalue weighted by Gasteiger charge is 1.95. The van der Waals surface area contributed by atoms with E-state index >= 15 is 0 Å². The lowest BCUT2D eigenvalue weighted by Gasteiger charge is -2.03. The highest BCUT2D eigenvalue weighted by Crippen LogP contribution is 2.12. The second kappa shape index (κ2) is 5.03. The van der Waals surface area contributed by atoms with Crippen LogP contribution in [-0.4, -0.2) is 0 Å². The molecule has 0 radical (unpaired) electrons. The zero-order chi connectivity index (χ0) is 7.28. The predicted octanol–water partition coefficient (Wildman–Crippen LogP) is 3.54. The Hall–Kier alpha value is 0.210. The number of hydrogen-bond donors (Lipinski definition) is 0. The Labute approximate surface area is 71.2 Å². The molecule has 0 aliphatic carbocycles. The van der Waals surface area contributed by atoms with E-state index in [0.29, 0.717) is 5.92 Å². The Morgan fingerprint density at radius 3 is 2.67 bits per heavy atom. The molecule has 1 heteroatoms. The summed E-state index contributed by atoms with van der Waals surface area (Å²) in [4.78, 5) is 0. The molecule has 0 aromatic carbocycles. The van der Waals surface area contributed by atoms with E-state index in [2.05, 4.69) is 47.1 Å². The minimum atomic E-state index is 0.621. The maximum absolute atomic E-state index is 3.72. The van der Waals surface area contributed by atoms with Gasteiger partial charge in [-0.2, -0.15) is 0 Å². The molecular weight excluding hydrogens is 223 g/mol. The van der Waals surface area contributed by atoms with Crippen LogP contribution in [-0.2, 0) is 0 Å². The van der Waals surface area contributed by atoms with Crippen LogP contribution >= 0.6 is 22.6 Å². The van der Waals surface area contributed by atoms with Gasteiger partial charge in [-0.15, -0.1) is 6.58 Å². The van der Waals surface area contributed by atoms with Gasteiger partial charge >= 0.3 is 0 Å². The molecule has 0 saturated heterocycles. The van der Waals surface area contributed by atoms with E-state index in [1.807, 2.05) is 6.08 Å². The third kappa shape index (κ3) is 4.70. The lowest BCUT2D eigenvalue weighted by atomic mass is 10.0. The molecule has 0 bridgehead atoms. The Kier molecular flexibility index (Phi) is 5.15. The smallest absolute Gasteiger partial charge is 0.0227 e. The molecule has 0 nitrogen and oxygen atoms in total. The molecule has 0 aromatic heterocycles. The van der Waals surface area contributed by atoms with Gasteiger partial charge in [0.05, 0.1) is 0 Å². The van der Waals surface area contributed by atoms with E-state index in [1.165, 1.54) is 5.57 Å². The topological polar surface area (TPSA) is 0 Å². The lowest BCUT2D eigenvalue weighted by molar-refractivity contribution is 0.720. The van der Waals surface area contributed by atoms with Gasteiger partial charge in [-0.1, -0.05) is 41.2 Å². The Morgan fingerprint density at radius 1 is 1.78 bits per heavy atom. The van der Waals surface area contributed by atoms with Gasteiger partial charge in [-0.25, -0.2) is 0 Å². The van der Waals surface area contributed by atoms with Crippen molar-refractivity contribution in [1.29, 1.82) is 0 Å². The summed E-state index contributed by atoms with van der Waals surface area (Å²) in [6.07, 6.45) is 3.14.